The first-order valence-corrected chi connectivity index (χ1v) is 19.8. The maximum atomic E-state index is 6.58. The Morgan fingerprint density at radius 2 is 1.05 bits per heavy atom. The van der Waals surface area contributed by atoms with Crippen LogP contribution >= 0.6 is 11.3 Å². The Morgan fingerprint density at radius 1 is 0.386 bits per heavy atom. The maximum absolute atomic E-state index is 6.58. The Hall–Kier alpha value is -7.41. The number of benzene rings is 8. The Morgan fingerprint density at radius 3 is 1.91 bits per heavy atom. The number of aromatic nitrogens is 4. The molecule has 0 unspecified atom stereocenters. The zero-order valence-corrected chi connectivity index (χ0v) is 31.2. The van der Waals surface area contributed by atoms with Crippen LogP contribution in [0.3, 0.4) is 0 Å². The fraction of sp³-hybridized carbons (Fsp3) is 0. The second-order valence-electron chi connectivity index (χ2n) is 14.4. The Bertz CT molecular complexity index is 3530. The van der Waals surface area contributed by atoms with E-state index in [9.17, 15) is 0 Å². The fourth-order valence-corrected chi connectivity index (χ4v) is 9.58. The molecule has 0 aliphatic heterocycles. The van der Waals surface area contributed by atoms with Crippen molar-refractivity contribution in [3.05, 3.63) is 182 Å². The van der Waals surface area contributed by atoms with Gasteiger partial charge in [0.15, 0.2) is 17.5 Å². The molecule has 5 nitrogen and oxygen atoms in total. The molecule has 0 bridgehead atoms. The number of hydrogen-bond acceptors (Lipinski definition) is 5. The first-order chi connectivity index (χ1) is 28.2. The molecule has 8 aromatic carbocycles. The lowest BCUT2D eigenvalue weighted by atomic mass is 10.0. The van der Waals surface area contributed by atoms with Crippen molar-refractivity contribution in [2.75, 3.05) is 0 Å². The summed E-state index contributed by atoms with van der Waals surface area (Å²) in [5, 5.41) is 6.99. The number of nitrogens with zero attached hydrogens (tertiary/aromatic N) is 4. The summed E-state index contributed by atoms with van der Waals surface area (Å²) in [7, 11) is 0. The molecule has 4 aromatic heterocycles. The smallest absolute Gasteiger partial charge is 0.165 e. The predicted molar refractivity (Wildman–Crippen MR) is 236 cm³/mol. The summed E-state index contributed by atoms with van der Waals surface area (Å²) in [6.07, 6.45) is 0. The van der Waals surface area contributed by atoms with Crippen molar-refractivity contribution in [1.82, 2.24) is 19.5 Å². The monoisotopic (exact) mass is 746 g/mol. The van der Waals surface area contributed by atoms with Gasteiger partial charge in [-0.2, -0.15) is 0 Å². The molecule has 57 heavy (non-hydrogen) atoms. The third kappa shape index (κ3) is 5.12. The lowest BCUT2D eigenvalue weighted by Crippen LogP contribution is -2.00. The predicted octanol–water partition coefficient (Wildman–Crippen LogP) is 13.9. The summed E-state index contributed by atoms with van der Waals surface area (Å²) in [6, 6.07) is 63.9. The third-order valence-electron chi connectivity index (χ3n) is 11.1. The van der Waals surface area contributed by atoms with Crippen LogP contribution in [0.25, 0.3) is 115 Å². The number of fused-ring (bicyclic) bond motifs is 9. The first kappa shape index (κ1) is 31.9. The number of rotatable bonds is 5. The van der Waals surface area contributed by atoms with E-state index in [-0.39, 0.29) is 0 Å². The molecule has 12 rings (SSSR count). The van der Waals surface area contributed by atoms with E-state index < -0.39 is 0 Å². The van der Waals surface area contributed by atoms with Gasteiger partial charge in [0.2, 0.25) is 0 Å². The Kier molecular flexibility index (Phi) is 7.03. The van der Waals surface area contributed by atoms with Crippen LogP contribution in [0.15, 0.2) is 186 Å². The quantitative estimate of drug-likeness (QED) is 0.176. The van der Waals surface area contributed by atoms with Gasteiger partial charge < -0.3 is 8.98 Å². The minimum absolute atomic E-state index is 0.597. The van der Waals surface area contributed by atoms with Gasteiger partial charge in [0.05, 0.1) is 11.0 Å². The van der Waals surface area contributed by atoms with Crippen molar-refractivity contribution in [2.24, 2.45) is 0 Å². The summed E-state index contributed by atoms with van der Waals surface area (Å²) >= 11 is 1.77. The first-order valence-electron chi connectivity index (χ1n) is 19.0. The normalized spacial score (nSPS) is 11.9. The number of furan rings is 1. The molecule has 0 radical (unpaired) electrons. The molecule has 0 aliphatic rings. The highest BCUT2D eigenvalue weighted by Gasteiger charge is 2.19. The van der Waals surface area contributed by atoms with Gasteiger partial charge in [-0.25, -0.2) is 15.0 Å². The van der Waals surface area contributed by atoms with Crippen LogP contribution in [0.2, 0.25) is 0 Å². The molecule has 0 spiro atoms. The molecule has 266 valence electrons. The summed E-state index contributed by atoms with van der Waals surface area (Å²) in [4.78, 5) is 15.3. The fourth-order valence-electron chi connectivity index (χ4n) is 8.37. The topological polar surface area (TPSA) is 56.7 Å². The zero-order chi connectivity index (χ0) is 37.5. The Labute approximate surface area is 330 Å². The van der Waals surface area contributed by atoms with Crippen molar-refractivity contribution < 1.29 is 4.42 Å². The average Bonchev–Trinajstić information content (AvgIpc) is 3.95. The van der Waals surface area contributed by atoms with Crippen LogP contribution in [0.5, 0.6) is 0 Å². The highest BCUT2D eigenvalue weighted by atomic mass is 32.1. The van der Waals surface area contributed by atoms with Gasteiger partial charge in [-0.1, -0.05) is 127 Å². The average molecular weight is 747 g/mol. The van der Waals surface area contributed by atoms with Gasteiger partial charge in [-0.05, 0) is 65.7 Å². The molecule has 4 heterocycles. The molecule has 0 saturated carbocycles. The van der Waals surface area contributed by atoms with Crippen molar-refractivity contribution in [3.63, 3.8) is 0 Å². The number of thiophene rings is 1. The maximum Gasteiger partial charge on any atom is 0.165 e. The van der Waals surface area contributed by atoms with Gasteiger partial charge in [0, 0.05) is 64.1 Å². The van der Waals surface area contributed by atoms with Crippen LogP contribution in [-0.2, 0) is 0 Å². The molecule has 0 fully saturated rings. The summed E-state index contributed by atoms with van der Waals surface area (Å²) in [5.74, 6) is 1.87. The SMILES string of the molecule is c1ccc(-c2ccc3c4ccccc4n(-c4ccc5oc6cc(-c7nc(-c8ccccc8)nc(-c8cccc9c8sc8ccccc89)n7)ccc6c5c4)c3c2)cc1. The highest BCUT2D eigenvalue weighted by Crippen LogP contribution is 2.41. The van der Waals surface area contributed by atoms with E-state index in [1.165, 1.54) is 42.9 Å². The van der Waals surface area contributed by atoms with Crippen LogP contribution in [-0.4, -0.2) is 19.5 Å². The van der Waals surface area contributed by atoms with Crippen LogP contribution in [0, 0.1) is 0 Å². The molecule has 0 atom stereocenters. The van der Waals surface area contributed by atoms with Crippen molar-refractivity contribution >= 4 is 75.3 Å². The lowest BCUT2D eigenvalue weighted by Gasteiger charge is -2.09. The molecule has 0 amide bonds. The van der Waals surface area contributed by atoms with Gasteiger partial charge in [-0.3, -0.25) is 0 Å². The largest absolute Gasteiger partial charge is 0.456 e. The highest BCUT2D eigenvalue weighted by molar-refractivity contribution is 7.26. The minimum Gasteiger partial charge on any atom is -0.456 e. The van der Waals surface area contributed by atoms with Gasteiger partial charge >= 0.3 is 0 Å². The third-order valence-corrected chi connectivity index (χ3v) is 12.3. The summed E-state index contributed by atoms with van der Waals surface area (Å²) in [6.45, 7) is 0. The molecule has 0 N–H and O–H groups in total. The molecule has 12 aromatic rings. The van der Waals surface area contributed by atoms with E-state index in [0.29, 0.717) is 17.5 Å². The number of hydrogen-bond donors (Lipinski definition) is 0. The second-order valence-corrected chi connectivity index (χ2v) is 15.4. The molecular weight excluding hydrogens is 717 g/mol. The van der Waals surface area contributed by atoms with E-state index in [1.54, 1.807) is 11.3 Å². The minimum atomic E-state index is 0.597. The summed E-state index contributed by atoms with van der Waals surface area (Å²) in [5.41, 5.74) is 10.2. The van der Waals surface area contributed by atoms with Crippen LogP contribution < -0.4 is 0 Å². The van der Waals surface area contributed by atoms with Gasteiger partial charge in [-0.15, -0.1) is 11.3 Å². The molecule has 0 aliphatic carbocycles. The van der Waals surface area contributed by atoms with Crippen molar-refractivity contribution in [3.8, 4) is 51.0 Å². The van der Waals surface area contributed by atoms with E-state index in [4.69, 9.17) is 19.4 Å². The van der Waals surface area contributed by atoms with E-state index in [2.05, 4.69) is 156 Å². The van der Waals surface area contributed by atoms with Crippen LogP contribution in [0.1, 0.15) is 0 Å². The molecular formula is C51H30N4OS. The van der Waals surface area contributed by atoms with Crippen molar-refractivity contribution in [1.29, 1.82) is 0 Å². The number of para-hydroxylation sites is 1. The van der Waals surface area contributed by atoms with E-state index in [0.717, 1.165) is 54.5 Å². The second kappa shape index (κ2) is 12.6. The van der Waals surface area contributed by atoms with E-state index in [1.807, 2.05) is 30.3 Å². The van der Waals surface area contributed by atoms with Gasteiger partial charge in [0.25, 0.3) is 0 Å². The van der Waals surface area contributed by atoms with Gasteiger partial charge in [0.1, 0.15) is 11.2 Å². The zero-order valence-electron chi connectivity index (χ0n) is 30.4. The Balaban J connectivity index is 1.01. The lowest BCUT2D eigenvalue weighted by molar-refractivity contribution is 0.669. The molecule has 0 saturated heterocycles. The van der Waals surface area contributed by atoms with E-state index >= 15 is 0 Å². The van der Waals surface area contributed by atoms with Crippen molar-refractivity contribution in [2.45, 2.75) is 0 Å². The van der Waals surface area contributed by atoms with Crippen LogP contribution in [0.4, 0.5) is 0 Å². The summed E-state index contributed by atoms with van der Waals surface area (Å²) < 4.78 is 11.4. The molecule has 6 heteroatoms. The standard InChI is InChI=1S/C51H30N4OS/c1-3-12-31(13-4-1)33-22-25-37-36-16-7-9-20-43(36)55(44(37)28-33)35-24-27-45-42(30-35)38-26-23-34(29-46(38)56-45)50-52-49(32-14-5-2-6-15-32)53-51(54-50)41-19-11-18-40-39-17-8-10-21-47(39)57-48(40)41/h1-30H.